The number of anilines is 1. The Kier molecular flexibility index (Phi) is 6.79. The Morgan fingerprint density at radius 3 is 2.24 bits per heavy atom. The second kappa shape index (κ2) is 10.3. The second-order valence-corrected chi connectivity index (χ2v) is 9.60. The zero-order chi connectivity index (χ0) is 26.8. The third kappa shape index (κ3) is 4.93. The van der Waals surface area contributed by atoms with E-state index in [0.717, 1.165) is 44.1 Å². The zero-order valence-corrected chi connectivity index (χ0v) is 21.5. The number of nitrogens with one attached hydrogen (secondary N) is 1. The molecule has 1 heterocycles. The van der Waals surface area contributed by atoms with Crippen LogP contribution >= 0.6 is 0 Å². The van der Waals surface area contributed by atoms with Crippen molar-refractivity contribution in [2.45, 2.75) is 33.3 Å². The van der Waals surface area contributed by atoms with Crippen LogP contribution in [0.1, 0.15) is 36.5 Å². The summed E-state index contributed by atoms with van der Waals surface area (Å²) in [4.78, 5) is 39.5. The summed E-state index contributed by atoms with van der Waals surface area (Å²) in [5.74, 6) is -0.538. The first-order chi connectivity index (χ1) is 18.3. The van der Waals surface area contributed by atoms with Gasteiger partial charge in [-0.3, -0.25) is 14.9 Å². The zero-order valence-electron chi connectivity index (χ0n) is 21.5. The van der Waals surface area contributed by atoms with Crippen molar-refractivity contribution in [2.75, 3.05) is 4.90 Å². The van der Waals surface area contributed by atoms with Crippen LogP contribution < -0.4 is 15.0 Å². The van der Waals surface area contributed by atoms with E-state index in [1.54, 1.807) is 18.2 Å². The lowest BCUT2D eigenvalue weighted by molar-refractivity contribution is -0.122. The third-order valence-corrected chi connectivity index (χ3v) is 6.88. The van der Waals surface area contributed by atoms with Gasteiger partial charge < -0.3 is 4.74 Å². The number of hydrogen-bond acceptors (Lipinski definition) is 4. The minimum atomic E-state index is -0.753. The molecule has 3 aromatic rings. The molecule has 0 unspecified atom stereocenters. The molecule has 1 aliphatic carbocycles. The normalized spacial score (nSPS) is 18.7. The minimum absolute atomic E-state index is 0.0154. The van der Waals surface area contributed by atoms with Gasteiger partial charge in [-0.25, -0.2) is 9.69 Å². The van der Waals surface area contributed by atoms with E-state index in [4.69, 9.17) is 4.74 Å². The number of carbonyl (C=O) groups excluding carboxylic acids is 3. The maximum absolute atomic E-state index is 13.3. The molecule has 6 heteroatoms. The Bertz CT molecular complexity index is 1500. The van der Waals surface area contributed by atoms with Crippen LogP contribution in [0, 0.1) is 6.92 Å². The molecule has 6 nitrogen and oxygen atoms in total. The van der Waals surface area contributed by atoms with Gasteiger partial charge >= 0.3 is 6.03 Å². The minimum Gasteiger partial charge on any atom is -0.489 e. The van der Waals surface area contributed by atoms with Gasteiger partial charge in [0.05, 0.1) is 5.69 Å². The van der Waals surface area contributed by atoms with Gasteiger partial charge in [-0.2, -0.15) is 0 Å². The fourth-order valence-corrected chi connectivity index (χ4v) is 4.86. The summed E-state index contributed by atoms with van der Waals surface area (Å²) in [7, 11) is 0. The molecule has 0 spiro atoms. The van der Waals surface area contributed by atoms with Crippen molar-refractivity contribution in [3.63, 3.8) is 0 Å². The Morgan fingerprint density at radius 2 is 1.55 bits per heavy atom. The molecule has 0 aromatic heterocycles. The maximum Gasteiger partial charge on any atom is 0.335 e. The van der Waals surface area contributed by atoms with Crippen LogP contribution in [0.2, 0.25) is 0 Å². The molecule has 0 saturated carbocycles. The average Bonchev–Trinajstić information content (AvgIpc) is 3.19. The molecule has 0 bridgehead atoms. The van der Waals surface area contributed by atoms with Crippen molar-refractivity contribution in [3.8, 4) is 5.75 Å². The number of aryl methyl sites for hydroxylation is 1. The van der Waals surface area contributed by atoms with Crippen molar-refractivity contribution in [2.24, 2.45) is 0 Å². The predicted octanol–water partition coefficient (Wildman–Crippen LogP) is 6.14. The molecule has 1 saturated heterocycles. The highest BCUT2D eigenvalue weighted by molar-refractivity contribution is 6.37. The van der Waals surface area contributed by atoms with Gasteiger partial charge in [-0.1, -0.05) is 77.4 Å². The van der Waals surface area contributed by atoms with Crippen molar-refractivity contribution >= 4 is 23.5 Å². The number of ether oxygens (including phenoxy) is 1. The molecule has 190 valence electrons. The van der Waals surface area contributed by atoms with Crippen molar-refractivity contribution in [1.29, 1.82) is 0 Å². The molecule has 1 aliphatic heterocycles. The number of hydrogen-bond donors (Lipinski definition) is 1. The third-order valence-electron chi connectivity index (χ3n) is 6.88. The first-order valence-electron chi connectivity index (χ1n) is 12.5. The highest BCUT2D eigenvalue weighted by atomic mass is 16.5. The average molecular weight is 505 g/mol. The molecule has 0 radical (unpaired) electrons. The highest BCUT2D eigenvalue weighted by Crippen LogP contribution is 2.40. The number of urea groups is 1. The predicted molar refractivity (Wildman–Crippen MR) is 147 cm³/mol. The standard InChI is InChI=1S/C32H28N2O4/c1-20-9-13-26(14-10-20)34-31(36)28(30(35)33-32(34)37)18-25-17-21(2)29(22(25)3)24-11-15-27(16-12-24)38-19-23-7-5-4-6-8-23/h4-18,29H,19H2,1-3H3,(H,33,35,37)/b28-18+/t29-/m1/s1. The molecule has 4 amide bonds. The summed E-state index contributed by atoms with van der Waals surface area (Å²) in [5, 5.41) is 2.30. The SMILES string of the molecule is CC1=CC(/C=C2\C(=O)NC(=O)N(c3ccc(C)cc3)C2=O)=C(C)[C@@H]1c1ccc(OCc2ccccc2)cc1. The molecule has 1 N–H and O–H groups in total. The molecule has 38 heavy (non-hydrogen) atoms. The number of barbiturate groups is 1. The van der Waals surface area contributed by atoms with Crippen LogP contribution in [0.3, 0.4) is 0 Å². The highest BCUT2D eigenvalue weighted by Gasteiger charge is 2.37. The van der Waals surface area contributed by atoms with Crippen LogP contribution in [-0.4, -0.2) is 17.8 Å². The fourth-order valence-electron chi connectivity index (χ4n) is 4.86. The summed E-state index contributed by atoms with van der Waals surface area (Å²) in [6, 6.07) is 24.2. The van der Waals surface area contributed by atoms with Gasteiger partial charge in [0.1, 0.15) is 17.9 Å². The van der Waals surface area contributed by atoms with Crippen LogP contribution in [-0.2, 0) is 16.2 Å². The summed E-state index contributed by atoms with van der Waals surface area (Å²) < 4.78 is 5.92. The van der Waals surface area contributed by atoms with E-state index in [1.807, 2.05) is 93.6 Å². The monoisotopic (exact) mass is 504 g/mol. The molecule has 5 rings (SSSR count). The van der Waals surface area contributed by atoms with Crippen LogP contribution in [0.25, 0.3) is 0 Å². The summed E-state index contributed by atoms with van der Waals surface area (Å²) in [5.41, 5.74) is 6.43. The lowest BCUT2D eigenvalue weighted by Gasteiger charge is -2.26. The van der Waals surface area contributed by atoms with Gasteiger partial charge in [0.2, 0.25) is 0 Å². The van der Waals surface area contributed by atoms with Gasteiger partial charge in [-0.05, 0) is 67.8 Å². The van der Waals surface area contributed by atoms with E-state index in [0.29, 0.717) is 12.3 Å². The van der Waals surface area contributed by atoms with Crippen LogP contribution in [0.15, 0.2) is 113 Å². The number of carbonyl (C=O) groups is 3. The second-order valence-electron chi connectivity index (χ2n) is 9.60. The fraction of sp³-hybridized carbons (Fsp3) is 0.156. The van der Waals surface area contributed by atoms with E-state index >= 15 is 0 Å². The Labute approximate surface area is 221 Å². The summed E-state index contributed by atoms with van der Waals surface area (Å²) >= 11 is 0. The van der Waals surface area contributed by atoms with Crippen LogP contribution in [0.4, 0.5) is 10.5 Å². The Morgan fingerprint density at radius 1 is 0.868 bits per heavy atom. The Balaban J connectivity index is 1.37. The molecule has 3 aromatic carbocycles. The van der Waals surface area contributed by atoms with Gasteiger partial charge in [0, 0.05) is 5.92 Å². The molecular formula is C32H28N2O4. The van der Waals surface area contributed by atoms with Gasteiger partial charge in [0.15, 0.2) is 0 Å². The smallest absolute Gasteiger partial charge is 0.335 e. The first kappa shape index (κ1) is 25.0. The van der Waals surface area contributed by atoms with Gasteiger partial charge in [0.25, 0.3) is 11.8 Å². The van der Waals surface area contributed by atoms with Crippen molar-refractivity contribution in [3.05, 3.63) is 130 Å². The lowest BCUT2D eigenvalue weighted by atomic mass is 9.89. The van der Waals surface area contributed by atoms with E-state index < -0.39 is 17.8 Å². The van der Waals surface area contributed by atoms with Gasteiger partial charge in [-0.15, -0.1) is 0 Å². The number of allylic oxidation sites excluding steroid dienone is 5. The van der Waals surface area contributed by atoms with Crippen molar-refractivity contribution in [1.82, 2.24) is 5.32 Å². The maximum atomic E-state index is 13.3. The lowest BCUT2D eigenvalue weighted by Crippen LogP contribution is -2.54. The van der Waals surface area contributed by atoms with E-state index in [2.05, 4.69) is 5.32 Å². The van der Waals surface area contributed by atoms with E-state index in [1.165, 1.54) is 0 Å². The molecular weight excluding hydrogens is 476 g/mol. The summed E-state index contributed by atoms with van der Waals surface area (Å²) in [6.45, 7) is 6.45. The largest absolute Gasteiger partial charge is 0.489 e. The summed E-state index contributed by atoms with van der Waals surface area (Å²) in [6.07, 6.45) is 3.57. The Hall–Kier alpha value is -4.71. The molecule has 2 aliphatic rings. The van der Waals surface area contributed by atoms with E-state index in [-0.39, 0.29) is 11.5 Å². The number of benzene rings is 3. The molecule has 1 fully saturated rings. The number of amides is 4. The number of imide groups is 2. The quantitative estimate of drug-likeness (QED) is 0.323. The van der Waals surface area contributed by atoms with Crippen molar-refractivity contribution < 1.29 is 19.1 Å². The van der Waals surface area contributed by atoms with E-state index in [9.17, 15) is 14.4 Å². The molecule has 1 atom stereocenters. The number of nitrogens with zero attached hydrogens (tertiary/aromatic N) is 1. The van der Waals surface area contributed by atoms with Crippen LogP contribution in [0.5, 0.6) is 5.75 Å². The first-order valence-corrected chi connectivity index (χ1v) is 12.5. The topological polar surface area (TPSA) is 75.7 Å². The number of rotatable bonds is 6.